The summed E-state index contributed by atoms with van der Waals surface area (Å²) in [4.78, 5) is 22.5. The quantitative estimate of drug-likeness (QED) is 0.725. The van der Waals surface area contributed by atoms with Crippen molar-refractivity contribution < 1.29 is 17.9 Å². The van der Waals surface area contributed by atoms with Gasteiger partial charge in [0.1, 0.15) is 10.7 Å². The maximum atomic E-state index is 13.2. The Morgan fingerprint density at radius 2 is 1.91 bits per heavy atom. The van der Waals surface area contributed by atoms with Gasteiger partial charge >= 0.3 is 6.18 Å². The van der Waals surface area contributed by atoms with Crippen LogP contribution in [-0.4, -0.2) is 40.8 Å². The maximum absolute atomic E-state index is 13.2. The molecule has 4 heterocycles. The molecule has 4 rings (SSSR count). The number of alkyl halides is 3. The van der Waals surface area contributed by atoms with Gasteiger partial charge in [-0.1, -0.05) is 25.6 Å². The number of nitrogens with two attached hydrogens (primary N) is 1. The highest BCUT2D eigenvalue weighted by Gasteiger charge is 2.39. The van der Waals surface area contributed by atoms with E-state index in [4.69, 9.17) is 10.5 Å². The molecule has 2 N–H and O–H groups in total. The van der Waals surface area contributed by atoms with Crippen LogP contribution < -0.4 is 16.2 Å². The lowest BCUT2D eigenvalue weighted by Crippen LogP contribution is -2.43. The molecule has 2 aliphatic rings. The second-order valence-corrected chi connectivity index (χ2v) is 8.78. The minimum absolute atomic E-state index is 0.0441. The van der Waals surface area contributed by atoms with Crippen LogP contribution in [0.5, 0.6) is 0 Å². The summed E-state index contributed by atoms with van der Waals surface area (Å²) in [5.74, 6) is 0.345. The largest absolute Gasteiger partial charge is 0.434 e. The average molecular weight is 472 g/mol. The van der Waals surface area contributed by atoms with E-state index < -0.39 is 17.4 Å². The molecule has 7 nitrogen and oxygen atoms in total. The number of hydrogen-bond donors (Lipinski definition) is 1. The summed E-state index contributed by atoms with van der Waals surface area (Å²) in [7, 11) is 1.56. The van der Waals surface area contributed by atoms with Crippen molar-refractivity contribution in [1.29, 1.82) is 0 Å². The van der Waals surface area contributed by atoms with Gasteiger partial charge in [0.15, 0.2) is 5.69 Å². The first-order valence-electron chi connectivity index (χ1n) is 10.6. The number of hydrogen-bond acceptors (Lipinski definition) is 7. The van der Waals surface area contributed by atoms with Gasteiger partial charge in [0.25, 0.3) is 5.56 Å². The smallest absolute Gasteiger partial charge is 0.382 e. The van der Waals surface area contributed by atoms with Crippen molar-refractivity contribution in [2.24, 2.45) is 12.5 Å². The number of pyridine rings is 1. The zero-order valence-corrected chi connectivity index (χ0v) is 19.2. The molecule has 176 valence electrons. The zero-order valence-electron chi connectivity index (χ0n) is 18.4. The van der Waals surface area contributed by atoms with Gasteiger partial charge in [-0.05, 0) is 36.8 Å². The fourth-order valence-electron chi connectivity index (χ4n) is 3.99. The van der Waals surface area contributed by atoms with Crippen LogP contribution in [0.3, 0.4) is 0 Å². The van der Waals surface area contributed by atoms with Crippen molar-refractivity contribution in [3.8, 4) is 0 Å². The monoisotopic (exact) mass is 471 g/mol. The summed E-state index contributed by atoms with van der Waals surface area (Å²) < 4.78 is 46.6. The lowest BCUT2D eigenvalue weighted by molar-refractivity contribution is -0.143. The number of rotatable bonds is 3. The first-order valence-corrected chi connectivity index (χ1v) is 11.4. The van der Waals surface area contributed by atoms with Gasteiger partial charge in [0, 0.05) is 37.8 Å². The Morgan fingerprint density at radius 3 is 2.50 bits per heavy atom. The van der Waals surface area contributed by atoms with E-state index in [1.54, 1.807) is 7.05 Å². The molecule has 0 bridgehead atoms. The molecule has 0 atom stereocenters. The molecule has 2 aromatic rings. The normalized spacial score (nSPS) is 17.9. The summed E-state index contributed by atoms with van der Waals surface area (Å²) >= 11 is 0.641. The fourth-order valence-corrected chi connectivity index (χ4v) is 4.99. The van der Waals surface area contributed by atoms with Gasteiger partial charge in [-0.3, -0.25) is 14.3 Å². The second-order valence-electron chi connectivity index (χ2n) is 7.73. The summed E-state index contributed by atoms with van der Waals surface area (Å²) in [5, 5.41) is 0. The third kappa shape index (κ3) is 4.88. The summed E-state index contributed by atoms with van der Waals surface area (Å²) in [6, 6.07) is 2.65. The van der Waals surface area contributed by atoms with E-state index in [-0.39, 0.29) is 21.0 Å². The Labute approximate surface area is 189 Å². The minimum Gasteiger partial charge on any atom is -0.382 e. The van der Waals surface area contributed by atoms with Crippen LogP contribution in [0.4, 0.5) is 24.9 Å². The number of piperidine rings is 1. The molecule has 11 heteroatoms. The molecule has 2 saturated heterocycles. The molecule has 0 aliphatic carbocycles. The molecule has 0 radical (unpaired) electrons. The first kappa shape index (κ1) is 24.4. The zero-order chi connectivity index (χ0) is 23.5. The van der Waals surface area contributed by atoms with Crippen LogP contribution in [0.25, 0.3) is 0 Å². The summed E-state index contributed by atoms with van der Waals surface area (Å²) in [5.41, 5.74) is 4.69. The van der Waals surface area contributed by atoms with E-state index in [9.17, 15) is 18.0 Å². The van der Waals surface area contributed by atoms with Gasteiger partial charge in [0.2, 0.25) is 5.95 Å². The number of anilines is 2. The Hall–Kier alpha value is -2.27. The van der Waals surface area contributed by atoms with Crippen molar-refractivity contribution in [2.75, 3.05) is 36.9 Å². The van der Waals surface area contributed by atoms with Gasteiger partial charge < -0.3 is 15.4 Å². The standard InChI is InChI=1S/C19H22F3N5O2S.C2H6/c1-26-16(28)13(30-12-3-2-7-24-14(12)19(20,21)22)15(23)25-17(26)27-8-4-18(5-9-27)6-10-29-11-18;1-2/h2-3,7H,4-6,8-11,23H2,1H3;1-2H3. The van der Waals surface area contributed by atoms with Gasteiger partial charge in [-0.15, -0.1) is 0 Å². The third-order valence-corrected chi connectivity index (χ3v) is 6.93. The van der Waals surface area contributed by atoms with Crippen LogP contribution in [0, 0.1) is 5.41 Å². The molecule has 1 spiro atoms. The minimum atomic E-state index is -4.63. The SMILES string of the molecule is CC.Cn1c(N2CCC3(CCOC3)CC2)nc(N)c(Sc2cccnc2C(F)(F)F)c1=O. The topological polar surface area (TPSA) is 86.3 Å². The highest BCUT2D eigenvalue weighted by Crippen LogP contribution is 2.41. The molecule has 2 aliphatic heterocycles. The van der Waals surface area contributed by atoms with Gasteiger partial charge in [-0.2, -0.15) is 18.2 Å². The van der Waals surface area contributed by atoms with Crippen molar-refractivity contribution >= 4 is 23.5 Å². The molecular formula is C21H28F3N5O2S. The van der Waals surface area contributed by atoms with Crippen molar-refractivity contribution in [2.45, 2.75) is 49.1 Å². The second kappa shape index (κ2) is 9.70. The van der Waals surface area contributed by atoms with Crippen LogP contribution in [-0.2, 0) is 18.0 Å². The molecule has 32 heavy (non-hydrogen) atoms. The molecule has 0 unspecified atom stereocenters. The number of nitrogen functional groups attached to an aromatic ring is 1. The number of halogens is 3. The molecule has 2 fully saturated rings. The van der Waals surface area contributed by atoms with Crippen LogP contribution in [0.1, 0.15) is 38.8 Å². The number of ether oxygens (including phenoxy) is 1. The third-order valence-electron chi connectivity index (χ3n) is 5.80. The number of nitrogens with zero attached hydrogens (tertiary/aromatic N) is 4. The predicted molar refractivity (Wildman–Crippen MR) is 118 cm³/mol. The van der Waals surface area contributed by atoms with Crippen LogP contribution in [0.2, 0.25) is 0 Å². The Kier molecular flexibility index (Phi) is 7.39. The lowest BCUT2D eigenvalue weighted by Gasteiger charge is -2.39. The van der Waals surface area contributed by atoms with Crippen LogP contribution >= 0.6 is 11.8 Å². The summed E-state index contributed by atoms with van der Waals surface area (Å²) in [6.07, 6.45) is -0.662. The molecule has 0 aromatic carbocycles. The Balaban J connectivity index is 0.00000141. The van der Waals surface area contributed by atoms with Crippen molar-refractivity contribution in [1.82, 2.24) is 14.5 Å². The molecular weight excluding hydrogens is 443 g/mol. The van der Waals surface area contributed by atoms with E-state index in [0.717, 1.165) is 51.8 Å². The number of aromatic nitrogens is 3. The maximum Gasteiger partial charge on any atom is 0.434 e. The van der Waals surface area contributed by atoms with Crippen molar-refractivity contribution in [3.63, 3.8) is 0 Å². The van der Waals surface area contributed by atoms with E-state index in [1.807, 2.05) is 18.7 Å². The predicted octanol–water partition coefficient (Wildman–Crippen LogP) is 3.96. The van der Waals surface area contributed by atoms with Crippen LogP contribution in [0.15, 0.2) is 32.9 Å². The Bertz CT molecular complexity index is 996. The van der Waals surface area contributed by atoms with Gasteiger partial charge in [0.05, 0.1) is 6.61 Å². The highest BCUT2D eigenvalue weighted by atomic mass is 32.2. The van der Waals surface area contributed by atoms with E-state index in [1.165, 1.54) is 16.7 Å². The van der Waals surface area contributed by atoms with E-state index in [2.05, 4.69) is 9.97 Å². The summed E-state index contributed by atoms with van der Waals surface area (Å²) in [6.45, 7) is 6.98. The first-order chi connectivity index (χ1) is 15.2. The molecule has 2 aromatic heterocycles. The van der Waals surface area contributed by atoms with E-state index >= 15 is 0 Å². The molecule has 0 amide bonds. The van der Waals surface area contributed by atoms with E-state index in [0.29, 0.717) is 17.7 Å². The van der Waals surface area contributed by atoms with Gasteiger partial charge in [-0.25, -0.2) is 0 Å². The highest BCUT2D eigenvalue weighted by molar-refractivity contribution is 7.99. The lowest BCUT2D eigenvalue weighted by atomic mass is 9.78. The molecule has 0 saturated carbocycles. The Morgan fingerprint density at radius 1 is 1.22 bits per heavy atom. The van der Waals surface area contributed by atoms with Crippen molar-refractivity contribution in [3.05, 3.63) is 34.4 Å². The average Bonchev–Trinajstić information content (AvgIpc) is 3.23. The fraction of sp³-hybridized carbons (Fsp3) is 0.571.